The molecule has 0 saturated heterocycles. The van der Waals surface area contributed by atoms with Gasteiger partial charge in [0.2, 0.25) is 0 Å². The number of ether oxygens (including phenoxy) is 2. The van der Waals surface area contributed by atoms with Crippen LogP contribution in [0.2, 0.25) is 5.02 Å². The molecule has 2 N–H and O–H groups in total. The number of carbonyl (C=O) groups is 2. The molecule has 24 heavy (non-hydrogen) atoms. The molecule has 0 spiro atoms. The van der Waals surface area contributed by atoms with E-state index in [0.29, 0.717) is 0 Å². The van der Waals surface area contributed by atoms with Gasteiger partial charge >= 0.3 is 5.97 Å². The molecule has 0 radical (unpaired) electrons. The Bertz CT molecular complexity index is 721. The lowest BCUT2D eigenvalue weighted by molar-refractivity contribution is -0.145. The number of nitrogen functional groups attached to an aromatic ring is 1. The number of nitrogens with zero attached hydrogens (tertiary/aromatic N) is 1. The molecule has 2 aliphatic rings. The molecule has 1 aliphatic heterocycles. The lowest BCUT2D eigenvalue weighted by Crippen LogP contribution is -2.45. The monoisotopic (exact) mass is 356 g/mol. The topological polar surface area (TPSA) is 81.9 Å². The Kier molecular flexibility index (Phi) is 4.29. The first-order valence-electron chi connectivity index (χ1n) is 7.74. The predicted molar refractivity (Wildman–Crippen MR) is 87.2 cm³/mol. The molecule has 0 amide bonds. The number of rotatable bonds is 4. The molecular weight excluding hydrogens is 339 g/mol. The summed E-state index contributed by atoms with van der Waals surface area (Å²) in [6.07, 6.45) is 1.77. The number of fused-ring (bicyclic) bond motifs is 1. The zero-order chi connectivity index (χ0) is 17.6. The Balaban J connectivity index is 2.20. The van der Waals surface area contributed by atoms with Crippen LogP contribution in [0.1, 0.15) is 30.1 Å². The van der Waals surface area contributed by atoms with E-state index >= 15 is 0 Å². The van der Waals surface area contributed by atoms with E-state index in [9.17, 15) is 14.0 Å². The summed E-state index contributed by atoms with van der Waals surface area (Å²) in [6, 6.07) is 0.114. The molecule has 0 aromatic heterocycles. The number of anilines is 2. The summed E-state index contributed by atoms with van der Waals surface area (Å²) >= 11 is 5.93. The molecule has 1 atom stereocenters. The highest BCUT2D eigenvalue weighted by molar-refractivity contribution is 6.35. The number of hydrogen-bond donors (Lipinski definition) is 1. The van der Waals surface area contributed by atoms with Crippen molar-refractivity contribution in [3.63, 3.8) is 0 Å². The van der Waals surface area contributed by atoms with Crippen molar-refractivity contribution < 1.29 is 23.5 Å². The number of methoxy groups -OCH3 is 1. The molecule has 1 aromatic rings. The number of hydrogen-bond acceptors (Lipinski definition) is 6. The summed E-state index contributed by atoms with van der Waals surface area (Å²) in [5, 5.41) is -0.376. The lowest BCUT2D eigenvalue weighted by Gasteiger charge is -2.36. The fraction of sp³-hybridized carbons (Fsp3) is 0.500. The van der Waals surface area contributed by atoms with Gasteiger partial charge in [0, 0.05) is 12.6 Å². The van der Waals surface area contributed by atoms with Crippen molar-refractivity contribution in [3.05, 3.63) is 16.4 Å². The van der Waals surface area contributed by atoms with Gasteiger partial charge in [-0.1, -0.05) is 11.6 Å². The number of benzene rings is 1. The predicted octanol–water partition coefficient (Wildman–Crippen LogP) is 2.41. The fourth-order valence-corrected chi connectivity index (χ4v) is 3.25. The van der Waals surface area contributed by atoms with Gasteiger partial charge in [0.15, 0.2) is 17.3 Å². The van der Waals surface area contributed by atoms with E-state index in [1.54, 1.807) is 6.92 Å². The fourth-order valence-electron chi connectivity index (χ4n) is 3.07. The van der Waals surface area contributed by atoms with Gasteiger partial charge in [-0.05, 0) is 19.8 Å². The molecule has 8 heteroatoms. The maximum absolute atomic E-state index is 14.4. The normalized spacial score (nSPS) is 19.9. The van der Waals surface area contributed by atoms with Crippen molar-refractivity contribution in [1.29, 1.82) is 0 Å². The van der Waals surface area contributed by atoms with Gasteiger partial charge in [-0.3, -0.25) is 9.59 Å². The molecule has 1 aliphatic carbocycles. The van der Waals surface area contributed by atoms with Gasteiger partial charge in [0.25, 0.3) is 0 Å². The first kappa shape index (κ1) is 16.8. The molecule has 3 rings (SSSR count). The second-order valence-electron chi connectivity index (χ2n) is 5.85. The molecule has 1 aromatic carbocycles. The first-order valence-corrected chi connectivity index (χ1v) is 8.12. The number of nitrogens with two attached hydrogens (primary N) is 1. The molecule has 1 unspecified atom stereocenters. The summed E-state index contributed by atoms with van der Waals surface area (Å²) in [5.41, 5.74) is 6.06. The number of halogens is 2. The van der Waals surface area contributed by atoms with E-state index in [1.165, 1.54) is 7.11 Å². The Morgan fingerprint density at radius 1 is 1.46 bits per heavy atom. The molecule has 1 saturated carbocycles. The van der Waals surface area contributed by atoms with Gasteiger partial charge in [-0.15, -0.1) is 0 Å². The smallest absolute Gasteiger partial charge is 0.318 e. The lowest BCUT2D eigenvalue weighted by atomic mass is 9.89. The Morgan fingerprint density at radius 3 is 2.67 bits per heavy atom. The van der Waals surface area contributed by atoms with E-state index in [0.717, 1.165) is 12.8 Å². The highest BCUT2D eigenvalue weighted by Crippen LogP contribution is 2.49. The second kappa shape index (κ2) is 6.12. The van der Waals surface area contributed by atoms with E-state index < -0.39 is 23.5 Å². The van der Waals surface area contributed by atoms with Crippen molar-refractivity contribution in [2.45, 2.75) is 25.8 Å². The quantitative estimate of drug-likeness (QED) is 0.507. The van der Waals surface area contributed by atoms with Gasteiger partial charge < -0.3 is 20.1 Å². The van der Waals surface area contributed by atoms with Crippen molar-refractivity contribution in [3.8, 4) is 5.75 Å². The number of ketones is 1. The molecule has 1 heterocycles. The van der Waals surface area contributed by atoms with Crippen LogP contribution in [0.4, 0.5) is 15.8 Å². The third-order valence-electron chi connectivity index (χ3n) is 4.34. The van der Waals surface area contributed by atoms with Crippen molar-refractivity contribution >= 4 is 34.7 Å². The SMILES string of the molecule is CCOC(=O)C1CN(C2CC2)c2c(OC)c(F)c(Cl)c(N)c2C1=O. The minimum Gasteiger partial charge on any atom is -0.492 e. The van der Waals surface area contributed by atoms with Crippen LogP contribution in [0.5, 0.6) is 5.75 Å². The van der Waals surface area contributed by atoms with Crippen LogP contribution in [-0.4, -0.2) is 38.1 Å². The Hall–Kier alpha value is -2.02. The Labute approximate surface area is 143 Å². The highest BCUT2D eigenvalue weighted by atomic mass is 35.5. The van der Waals surface area contributed by atoms with E-state index in [2.05, 4.69) is 0 Å². The average molecular weight is 357 g/mol. The summed E-state index contributed by atoms with van der Waals surface area (Å²) in [7, 11) is 1.30. The number of carbonyl (C=O) groups excluding carboxylic acids is 2. The molecule has 130 valence electrons. The van der Waals surface area contributed by atoms with Gasteiger partial charge in [0.1, 0.15) is 10.9 Å². The van der Waals surface area contributed by atoms with Gasteiger partial charge in [-0.2, -0.15) is 0 Å². The van der Waals surface area contributed by atoms with Crippen LogP contribution in [0.15, 0.2) is 0 Å². The molecule has 0 bridgehead atoms. The molecule has 6 nitrogen and oxygen atoms in total. The Morgan fingerprint density at radius 2 is 2.12 bits per heavy atom. The zero-order valence-electron chi connectivity index (χ0n) is 13.4. The number of Topliss-reactive ketones (excluding diaryl/α,β-unsaturated/α-hetero) is 1. The van der Waals surface area contributed by atoms with Crippen LogP contribution >= 0.6 is 11.6 Å². The van der Waals surface area contributed by atoms with Crippen molar-refractivity contribution in [2.75, 3.05) is 30.9 Å². The summed E-state index contributed by atoms with van der Waals surface area (Å²) < 4.78 is 24.6. The summed E-state index contributed by atoms with van der Waals surface area (Å²) in [6.45, 7) is 1.95. The highest BCUT2D eigenvalue weighted by Gasteiger charge is 2.46. The van der Waals surface area contributed by atoms with Gasteiger partial charge in [0.05, 0.1) is 30.7 Å². The molecule has 1 fully saturated rings. The van der Waals surface area contributed by atoms with E-state index in [-0.39, 0.29) is 46.9 Å². The largest absolute Gasteiger partial charge is 0.492 e. The molecular formula is C16H18ClFN2O4. The first-order chi connectivity index (χ1) is 11.4. The van der Waals surface area contributed by atoms with Crippen LogP contribution in [0, 0.1) is 11.7 Å². The summed E-state index contributed by atoms with van der Waals surface area (Å²) in [4.78, 5) is 26.8. The van der Waals surface area contributed by atoms with Crippen LogP contribution in [0.25, 0.3) is 0 Å². The van der Waals surface area contributed by atoms with Crippen molar-refractivity contribution in [1.82, 2.24) is 0 Å². The van der Waals surface area contributed by atoms with E-state index in [1.807, 2.05) is 4.90 Å². The van der Waals surface area contributed by atoms with Crippen molar-refractivity contribution in [2.24, 2.45) is 5.92 Å². The van der Waals surface area contributed by atoms with Crippen LogP contribution in [-0.2, 0) is 9.53 Å². The number of esters is 1. The second-order valence-corrected chi connectivity index (χ2v) is 6.23. The zero-order valence-corrected chi connectivity index (χ0v) is 14.2. The maximum Gasteiger partial charge on any atom is 0.318 e. The van der Waals surface area contributed by atoms with Gasteiger partial charge in [-0.25, -0.2) is 4.39 Å². The minimum atomic E-state index is -1.01. The third-order valence-corrected chi connectivity index (χ3v) is 4.71. The minimum absolute atomic E-state index is 0.0365. The van der Waals surface area contributed by atoms with Crippen LogP contribution in [0.3, 0.4) is 0 Å². The summed E-state index contributed by atoms with van der Waals surface area (Å²) in [5.74, 6) is -3.06. The van der Waals surface area contributed by atoms with Crippen LogP contribution < -0.4 is 15.4 Å². The van der Waals surface area contributed by atoms with E-state index in [4.69, 9.17) is 26.8 Å². The standard InChI is InChI=1S/C16H18ClFN2O4/c1-3-24-16(22)8-6-20(7-4-5-7)13-9(14(8)21)12(19)10(17)11(18)15(13)23-2/h7-8H,3-6,19H2,1-2H3. The maximum atomic E-state index is 14.4. The average Bonchev–Trinajstić information content (AvgIpc) is 3.38. The third kappa shape index (κ3) is 2.47.